The maximum atomic E-state index is 11.7. The summed E-state index contributed by atoms with van der Waals surface area (Å²) >= 11 is 1.28. The summed E-state index contributed by atoms with van der Waals surface area (Å²) in [7, 11) is 1.36. The number of carbonyl (C=O) groups is 1. The fourth-order valence-electron chi connectivity index (χ4n) is 3.64. The summed E-state index contributed by atoms with van der Waals surface area (Å²) in [6, 6.07) is 8.87. The van der Waals surface area contributed by atoms with Gasteiger partial charge in [-0.2, -0.15) is 5.26 Å². The number of benzene rings is 1. The van der Waals surface area contributed by atoms with Crippen LogP contribution in [0.3, 0.4) is 0 Å². The predicted octanol–water partition coefficient (Wildman–Crippen LogP) is 4.32. The van der Waals surface area contributed by atoms with Gasteiger partial charge in [-0.1, -0.05) is 0 Å². The maximum absolute atomic E-state index is 11.7. The zero-order valence-electron chi connectivity index (χ0n) is 14.1. The van der Waals surface area contributed by atoms with E-state index in [9.17, 15) is 10.1 Å². The molecule has 3 aromatic rings. The van der Waals surface area contributed by atoms with Crippen LogP contribution in [0.4, 0.5) is 0 Å². The first-order valence-electron chi connectivity index (χ1n) is 8.25. The summed E-state index contributed by atoms with van der Waals surface area (Å²) in [5.41, 5.74) is 3.82. The molecule has 126 valence electrons. The molecular weight excluding hydrogens is 334 g/mol. The summed E-state index contributed by atoms with van der Waals surface area (Å²) in [5, 5.41) is 11.5. The summed E-state index contributed by atoms with van der Waals surface area (Å²) in [4.78, 5) is 16.4. The Morgan fingerprint density at radius 3 is 3.04 bits per heavy atom. The third kappa shape index (κ3) is 2.52. The van der Waals surface area contributed by atoms with Crippen molar-refractivity contribution in [3.63, 3.8) is 0 Å². The molecule has 0 aliphatic carbocycles. The lowest BCUT2D eigenvalue weighted by molar-refractivity contribution is 0.0606. The highest BCUT2D eigenvalue weighted by molar-refractivity contribution is 7.16. The van der Waals surface area contributed by atoms with Crippen molar-refractivity contribution < 1.29 is 9.53 Å². The predicted molar refractivity (Wildman–Crippen MR) is 96.7 cm³/mol. The van der Waals surface area contributed by atoms with E-state index < -0.39 is 5.97 Å². The van der Waals surface area contributed by atoms with E-state index >= 15 is 0 Å². The minimum Gasteiger partial charge on any atom is -0.465 e. The Morgan fingerprint density at radius 2 is 2.28 bits per heavy atom. The molecule has 5 nitrogen and oxygen atoms in total. The molecule has 3 heterocycles. The van der Waals surface area contributed by atoms with Gasteiger partial charge in [0.25, 0.3) is 0 Å². The number of nitrogens with zero attached hydrogens (tertiary/aromatic N) is 3. The molecule has 1 aliphatic heterocycles. The number of hydrogen-bond donors (Lipinski definition) is 0. The van der Waals surface area contributed by atoms with Crippen molar-refractivity contribution in [1.82, 2.24) is 9.55 Å². The highest BCUT2D eigenvalue weighted by Crippen LogP contribution is 2.36. The normalized spacial score (nSPS) is 16.4. The van der Waals surface area contributed by atoms with E-state index in [-0.39, 0.29) is 0 Å². The molecular formula is C19H17N3O2S. The van der Waals surface area contributed by atoms with Crippen molar-refractivity contribution in [2.45, 2.75) is 32.2 Å². The Morgan fingerprint density at radius 1 is 1.44 bits per heavy atom. The fraction of sp³-hybridized carbons (Fsp3) is 0.316. The molecule has 1 aromatic carbocycles. The molecule has 1 atom stereocenters. The molecule has 6 heteroatoms. The van der Waals surface area contributed by atoms with E-state index in [1.54, 1.807) is 0 Å². The molecule has 0 bridgehead atoms. The molecule has 0 amide bonds. The van der Waals surface area contributed by atoms with Crippen LogP contribution in [0.25, 0.3) is 21.5 Å². The van der Waals surface area contributed by atoms with Gasteiger partial charge in [0.1, 0.15) is 16.0 Å². The molecule has 25 heavy (non-hydrogen) atoms. The molecule has 0 spiro atoms. The van der Waals surface area contributed by atoms with Gasteiger partial charge in [-0.3, -0.25) is 0 Å². The average Bonchev–Trinajstić information content (AvgIpc) is 3.25. The number of aromatic nitrogens is 2. The lowest BCUT2D eigenvalue weighted by Crippen LogP contribution is -2.14. The maximum Gasteiger partial charge on any atom is 0.349 e. The van der Waals surface area contributed by atoms with E-state index in [2.05, 4.69) is 34.7 Å². The van der Waals surface area contributed by atoms with E-state index in [0.717, 1.165) is 34.3 Å². The smallest absolute Gasteiger partial charge is 0.349 e. The number of nitriles is 1. The number of aryl methyl sites for hydroxylation is 1. The second kappa shape index (κ2) is 6.01. The summed E-state index contributed by atoms with van der Waals surface area (Å²) in [5.74, 6) is -0.390. The van der Waals surface area contributed by atoms with Gasteiger partial charge in [0.2, 0.25) is 0 Å². The largest absolute Gasteiger partial charge is 0.465 e. The van der Waals surface area contributed by atoms with Gasteiger partial charge in [0, 0.05) is 22.7 Å². The van der Waals surface area contributed by atoms with Crippen molar-refractivity contribution in [2.75, 3.05) is 7.11 Å². The highest BCUT2D eigenvalue weighted by Gasteiger charge is 2.22. The van der Waals surface area contributed by atoms with Crippen LogP contribution in [0, 0.1) is 11.3 Å². The van der Waals surface area contributed by atoms with E-state index in [0.29, 0.717) is 16.5 Å². The Labute approximate surface area is 149 Å². The first-order valence-corrected chi connectivity index (χ1v) is 9.06. The van der Waals surface area contributed by atoms with Gasteiger partial charge in [-0.05, 0) is 44.4 Å². The topological polar surface area (TPSA) is 67.9 Å². The van der Waals surface area contributed by atoms with Crippen LogP contribution in [0.2, 0.25) is 0 Å². The van der Waals surface area contributed by atoms with Crippen LogP contribution in [0.15, 0.2) is 24.4 Å². The van der Waals surface area contributed by atoms with Gasteiger partial charge in [0.15, 0.2) is 0 Å². The SMILES string of the molecule is COC(=O)c1cnc(-c2cc(C#N)c3c(c2)cc2n3[C@@H](C)CCC2)s1. The van der Waals surface area contributed by atoms with Gasteiger partial charge in [-0.15, -0.1) is 11.3 Å². The fourth-order valence-corrected chi connectivity index (χ4v) is 4.46. The minimum atomic E-state index is -0.390. The van der Waals surface area contributed by atoms with Crippen molar-refractivity contribution in [1.29, 1.82) is 5.26 Å². The van der Waals surface area contributed by atoms with Crippen LogP contribution < -0.4 is 0 Å². The molecule has 0 N–H and O–H groups in total. The van der Waals surface area contributed by atoms with Crippen molar-refractivity contribution in [3.05, 3.63) is 40.5 Å². The molecule has 0 fully saturated rings. The Balaban J connectivity index is 1.89. The zero-order chi connectivity index (χ0) is 17.6. The molecule has 0 saturated carbocycles. The van der Waals surface area contributed by atoms with Crippen LogP contribution in [-0.2, 0) is 11.2 Å². The van der Waals surface area contributed by atoms with Gasteiger partial charge in [0.05, 0.1) is 24.4 Å². The van der Waals surface area contributed by atoms with Crippen molar-refractivity contribution >= 4 is 28.2 Å². The minimum absolute atomic E-state index is 0.390. The lowest BCUT2D eigenvalue weighted by Gasteiger charge is -2.24. The standard InChI is InChI=1S/C19H17N3O2S/c1-11-4-3-5-15-8-12-6-13(7-14(9-20)17(12)22(11)15)18-21-10-16(25-18)19(23)24-2/h6-8,10-11H,3-5H2,1-2H3/t11-/m0/s1. The summed E-state index contributed by atoms with van der Waals surface area (Å²) < 4.78 is 7.05. The van der Waals surface area contributed by atoms with Crippen LogP contribution >= 0.6 is 11.3 Å². The number of carbonyl (C=O) groups excluding carboxylic acids is 1. The third-order valence-corrected chi connectivity index (χ3v) is 5.79. The molecule has 1 aliphatic rings. The van der Waals surface area contributed by atoms with Crippen LogP contribution in [0.5, 0.6) is 0 Å². The third-order valence-electron chi connectivity index (χ3n) is 4.77. The quantitative estimate of drug-likeness (QED) is 0.645. The molecule has 0 saturated heterocycles. The number of hydrogen-bond acceptors (Lipinski definition) is 5. The number of rotatable bonds is 2. The zero-order valence-corrected chi connectivity index (χ0v) is 14.9. The van der Waals surface area contributed by atoms with Crippen LogP contribution in [0.1, 0.15) is 46.7 Å². The average molecular weight is 351 g/mol. The molecule has 0 radical (unpaired) electrons. The monoisotopic (exact) mass is 351 g/mol. The van der Waals surface area contributed by atoms with E-state index in [1.807, 2.05) is 6.07 Å². The number of esters is 1. The molecule has 4 rings (SSSR count). The van der Waals surface area contributed by atoms with Gasteiger partial charge >= 0.3 is 5.97 Å². The highest BCUT2D eigenvalue weighted by atomic mass is 32.1. The van der Waals surface area contributed by atoms with Gasteiger partial charge in [-0.25, -0.2) is 9.78 Å². The second-order valence-corrected chi connectivity index (χ2v) is 7.37. The number of fused-ring (bicyclic) bond motifs is 3. The second-order valence-electron chi connectivity index (χ2n) is 6.34. The number of thiazole rings is 1. The first kappa shape index (κ1) is 15.9. The van der Waals surface area contributed by atoms with Crippen molar-refractivity contribution in [2.24, 2.45) is 0 Å². The van der Waals surface area contributed by atoms with E-state index in [1.165, 1.54) is 36.8 Å². The first-order chi connectivity index (χ1) is 12.1. The number of ether oxygens (including phenoxy) is 1. The Kier molecular flexibility index (Phi) is 3.81. The van der Waals surface area contributed by atoms with Gasteiger partial charge < -0.3 is 9.30 Å². The summed E-state index contributed by atoms with van der Waals surface area (Å²) in [6.07, 6.45) is 4.89. The Hall–Kier alpha value is -2.65. The van der Waals surface area contributed by atoms with Crippen LogP contribution in [-0.4, -0.2) is 22.6 Å². The lowest BCUT2D eigenvalue weighted by atomic mass is 10.0. The number of methoxy groups -OCH3 is 1. The molecule has 0 unspecified atom stereocenters. The van der Waals surface area contributed by atoms with Crippen molar-refractivity contribution in [3.8, 4) is 16.6 Å². The molecule has 2 aromatic heterocycles. The van der Waals surface area contributed by atoms with E-state index in [4.69, 9.17) is 4.74 Å². The Bertz CT molecular complexity index is 1030. The summed E-state index contributed by atoms with van der Waals surface area (Å²) in [6.45, 7) is 2.21.